The first-order valence-electron chi connectivity index (χ1n) is 13.2. The maximum absolute atomic E-state index is 13.8. The van der Waals surface area contributed by atoms with Crippen LogP contribution in [-0.4, -0.2) is 41.3 Å². The van der Waals surface area contributed by atoms with E-state index in [-0.39, 0.29) is 11.9 Å². The first kappa shape index (κ1) is 26.6. The number of aromatic amines is 1. The predicted octanol–water partition coefficient (Wildman–Crippen LogP) is 7.06. The number of ether oxygens (including phenoxy) is 3. The van der Waals surface area contributed by atoms with Gasteiger partial charge in [-0.2, -0.15) is 5.10 Å². The zero-order chi connectivity index (χ0) is 27.4. The number of carbonyl (C=O) groups is 1. The molecule has 1 aromatic heterocycles. The Morgan fingerprint density at radius 1 is 0.974 bits per heavy atom. The lowest BCUT2D eigenvalue weighted by Gasteiger charge is -2.27. The van der Waals surface area contributed by atoms with E-state index in [1.807, 2.05) is 78.6 Å². The third-order valence-electron chi connectivity index (χ3n) is 6.83. The minimum absolute atomic E-state index is 0.111. The van der Waals surface area contributed by atoms with Crippen LogP contribution in [0, 0.1) is 0 Å². The fourth-order valence-corrected chi connectivity index (χ4v) is 5.00. The smallest absolute Gasteiger partial charge is 0.273 e. The van der Waals surface area contributed by atoms with Crippen LogP contribution in [0.4, 0.5) is 0 Å². The van der Waals surface area contributed by atoms with Gasteiger partial charge in [-0.1, -0.05) is 55.3 Å². The Hall–Kier alpha value is -3.97. The summed E-state index contributed by atoms with van der Waals surface area (Å²) in [5, 5.41) is 8.22. The van der Waals surface area contributed by atoms with Crippen molar-refractivity contribution in [1.29, 1.82) is 0 Å². The summed E-state index contributed by atoms with van der Waals surface area (Å²) >= 11 is 6.16. The molecule has 5 rings (SSSR count). The van der Waals surface area contributed by atoms with E-state index in [2.05, 4.69) is 17.1 Å². The van der Waals surface area contributed by atoms with Crippen LogP contribution in [0.25, 0.3) is 11.3 Å². The number of fused-ring (bicyclic) bond motifs is 1. The first-order valence-corrected chi connectivity index (χ1v) is 13.6. The standard InChI is InChI=1S/C31H32ClN3O4/c1-4-6-17-39-25-16-11-22(18-26(25)38-5-2)30-27-28(21-9-12-23(32)13-10-21)33-34-29(27)31(36)35(30)19-20-7-14-24(37-3)15-8-20/h7-16,18,30H,4-6,17,19H2,1-3H3,(H,33,34). The molecule has 0 radical (unpaired) electrons. The molecule has 1 amide bonds. The van der Waals surface area contributed by atoms with Gasteiger partial charge >= 0.3 is 0 Å². The van der Waals surface area contributed by atoms with Crippen LogP contribution in [0.15, 0.2) is 66.7 Å². The number of nitrogens with one attached hydrogen (secondary N) is 1. The van der Waals surface area contributed by atoms with Crippen molar-refractivity contribution in [2.24, 2.45) is 0 Å². The number of halogens is 1. The molecule has 1 unspecified atom stereocenters. The van der Waals surface area contributed by atoms with E-state index in [0.717, 1.165) is 46.5 Å². The highest BCUT2D eigenvalue weighted by Gasteiger charge is 2.42. The molecular weight excluding hydrogens is 514 g/mol. The van der Waals surface area contributed by atoms with Crippen molar-refractivity contribution >= 4 is 17.5 Å². The van der Waals surface area contributed by atoms with Crippen LogP contribution in [0.2, 0.25) is 5.02 Å². The van der Waals surface area contributed by atoms with Crippen molar-refractivity contribution in [1.82, 2.24) is 15.1 Å². The summed E-state index contributed by atoms with van der Waals surface area (Å²) in [6.45, 7) is 5.61. The van der Waals surface area contributed by atoms with Crippen LogP contribution < -0.4 is 14.2 Å². The molecule has 1 aliphatic rings. The van der Waals surface area contributed by atoms with Crippen LogP contribution >= 0.6 is 11.6 Å². The lowest BCUT2D eigenvalue weighted by molar-refractivity contribution is 0.0729. The molecular formula is C31H32ClN3O4. The van der Waals surface area contributed by atoms with E-state index in [4.69, 9.17) is 25.8 Å². The molecule has 1 atom stereocenters. The van der Waals surface area contributed by atoms with Gasteiger partial charge in [0.2, 0.25) is 0 Å². The molecule has 0 aliphatic carbocycles. The van der Waals surface area contributed by atoms with Crippen LogP contribution in [0.1, 0.15) is 59.9 Å². The normalized spacial score (nSPS) is 14.4. The van der Waals surface area contributed by atoms with Gasteiger partial charge < -0.3 is 19.1 Å². The number of unbranched alkanes of at least 4 members (excludes halogenated alkanes) is 1. The number of hydrogen-bond acceptors (Lipinski definition) is 5. The summed E-state index contributed by atoms with van der Waals surface area (Å²) in [6.07, 6.45) is 2.01. The second-order valence-corrected chi connectivity index (χ2v) is 9.83. The number of hydrogen-bond donors (Lipinski definition) is 1. The largest absolute Gasteiger partial charge is 0.497 e. The number of nitrogens with zero attached hydrogens (tertiary/aromatic N) is 2. The van der Waals surface area contributed by atoms with Crippen molar-refractivity contribution in [3.63, 3.8) is 0 Å². The topological polar surface area (TPSA) is 76.7 Å². The molecule has 8 heteroatoms. The van der Waals surface area contributed by atoms with E-state index < -0.39 is 0 Å². The highest BCUT2D eigenvalue weighted by atomic mass is 35.5. The van der Waals surface area contributed by atoms with Gasteiger partial charge in [-0.25, -0.2) is 0 Å². The zero-order valence-corrected chi connectivity index (χ0v) is 23.1. The summed E-state index contributed by atoms with van der Waals surface area (Å²) in [5.74, 6) is 2.01. The van der Waals surface area contributed by atoms with Gasteiger partial charge in [-0.15, -0.1) is 0 Å². The summed E-state index contributed by atoms with van der Waals surface area (Å²) in [7, 11) is 1.64. The molecule has 0 bridgehead atoms. The molecule has 0 fully saturated rings. The average Bonchev–Trinajstić information content (AvgIpc) is 3.49. The molecule has 2 heterocycles. The second-order valence-electron chi connectivity index (χ2n) is 9.39. The van der Waals surface area contributed by atoms with Gasteiger partial charge in [0.1, 0.15) is 11.4 Å². The van der Waals surface area contributed by atoms with Gasteiger partial charge in [0.25, 0.3) is 5.91 Å². The Bertz CT molecular complexity index is 1430. The van der Waals surface area contributed by atoms with Gasteiger partial charge in [-0.3, -0.25) is 9.89 Å². The molecule has 3 aromatic carbocycles. The van der Waals surface area contributed by atoms with Crippen LogP contribution in [0.3, 0.4) is 0 Å². The van der Waals surface area contributed by atoms with Gasteiger partial charge in [0, 0.05) is 22.7 Å². The van der Waals surface area contributed by atoms with E-state index in [1.54, 1.807) is 7.11 Å². The summed E-state index contributed by atoms with van der Waals surface area (Å²) in [6, 6.07) is 20.8. The number of methoxy groups -OCH3 is 1. The van der Waals surface area contributed by atoms with Crippen molar-refractivity contribution in [2.45, 2.75) is 39.3 Å². The van der Waals surface area contributed by atoms with Crippen molar-refractivity contribution in [2.75, 3.05) is 20.3 Å². The summed E-state index contributed by atoms with van der Waals surface area (Å²) in [5.41, 5.74) is 4.82. The summed E-state index contributed by atoms with van der Waals surface area (Å²) in [4.78, 5) is 15.7. The fraction of sp³-hybridized carbons (Fsp3) is 0.290. The average molecular weight is 546 g/mol. The third kappa shape index (κ3) is 5.45. The maximum Gasteiger partial charge on any atom is 0.273 e. The quantitative estimate of drug-likeness (QED) is 0.204. The van der Waals surface area contributed by atoms with Crippen LogP contribution in [0.5, 0.6) is 17.2 Å². The zero-order valence-electron chi connectivity index (χ0n) is 22.4. The molecule has 202 valence electrons. The third-order valence-corrected chi connectivity index (χ3v) is 7.08. The lowest BCUT2D eigenvalue weighted by Crippen LogP contribution is -2.29. The Labute approximate surface area is 233 Å². The van der Waals surface area contributed by atoms with E-state index in [0.29, 0.717) is 42.0 Å². The molecule has 39 heavy (non-hydrogen) atoms. The number of amides is 1. The molecule has 1 N–H and O–H groups in total. The SMILES string of the molecule is CCCCOc1ccc(C2c3c(-c4ccc(Cl)cc4)n[nH]c3C(=O)N2Cc2ccc(OC)cc2)cc1OCC. The highest BCUT2D eigenvalue weighted by molar-refractivity contribution is 6.30. The van der Waals surface area contributed by atoms with Gasteiger partial charge in [0.05, 0.1) is 32.1 Å². The number of rotatable bonds is 11. The number of H-pyrrole nitrogens is 1. The summed E-state index contributed by atoms with van der Waals surface area (Å²) < 4.78 is 17.3. The monoisotopic (exact) mass is 545 g/mol. The fourth-order valence-electron chi connectivity index (χ4n) is 4.87. The Balaban J connectivity index is 1.59. The highest BCUT2D eigenvalue weighted by Crippen LogP contribution is 2.45. The molecule has 0 saturated carbocycles. The van der Waals surface area contributed by atoms with Gasteiger partial charge in [-0.05, 0) is 60.9 Å². The van der Waals surface area contributed by atoms with Crippen molar-refractivity contribution in [3.8, 4) is 28.5 Å². The van der Waals surface area contributed by atoms with Gasteiger partial charge in [0.15, 0.2) is 11.5 Å². The number of carbonyl (C=O) groups excluding carboxylic acids is 1. The number of aromatic nitrogens is 2. The second kappa shape index (κ2) is 11.8. The molecule has 4 aromatic rings. The molecule has 7 nitrogen and oxygen atoms in total. The number of benzene rings is 3. The van der Waals surface area contributed by atoms with E-state index in [1.165, 1.54) is 0 Å². The van der Waals surface area contributed by atoms with E-state index >= 15 is 0 Å². The molecule has 1 aliphatic heterocycles. The molecule has 0 spiro atoms. The van der Waals surface area contributed by atoms with Crippen LogP contribution in [-0.2, 0) is 6.54 Å². The lowest BCUT2D eigenvalue weighted by atomic mass is 9.95. The maximum atomic E-state index is 13.8. The Morgan fingerprint density at radius 3 is 2.44 bits per heavy atom. The minimum Gasteiger partial charge on any atom is -0.497 e. The molecule has 0 saturated heterocycles. The van der Waals surface area contributed by atoms with E-state index in [9.17, 15) is 4.79 Å². The minimum atomic E-state index is -0.386. The predicted molar refractivity (Wildman–Crippen MR) is 152 cm³/mol. The van der Waals surface area contributed by atoms with Crippen molar-refractivity contribution in [3.05, 3.63) is 94.1 Å². The Morgan fingerprint density at radius 2 is 1.74 bits per heavy atom. The Kier molecular flexibility index (Phi) is 8.07. The van der Waals surface area contributed by atoms with Crippen molar-refractivity contribution < 1.29 is 19.0 Å². The first-order chi connectivity index (χ1) is 19.0.